The van der Waals surface area contributed by atoms with Crippen LogP contribution in [0.5, 0.6) is 0 Å². The fourth-order valence-corrected chi connectivity index (χ4v) is 1.49. The number of rotatable bonds is 4. The van der Waals surface area contributed by atoms with E-state index < -0.39 is 18.1 Å². The number of hydrogen-bond acceptors (Lipinski definition) is 2. The minimum absolute atomic E-state index is 0.238. The number of carbonyl (C=O) groups is 1. The molecule has 0 radical (unpaired) electrons. The van der Waals surface area contributed by atoms with E-state index in [2.05, 4.69) is 0 Å². The average Bonchev–Trinajstić information content (AvgIpc) is 2.50. The van der Waals surface area contributed by atoms with E-state index in [1.807, 2.05) is 0 Å². The van der Waals surface area contributed by atoms with Crippen molar-refractivity contribution in [3.8, 4) is 0 Å². The number of ether oxygens (including phenoxy) is 1. The quantitative estimate of drug-likeness (QED) is 0.700. The van der Waals surface area contributed by atoms with Crippen LogP contribution in [0.4, 0.5) is 4.39 Å². The van der Waals surface area contributed by atoms with Gasteiger partial charge in [-0.2, -0.15) is 0 Å². The molecule has 3 nitrogen and oxygen atoms in total. The Hall–Kier alpha value is -0.640. The van der Waals surface area contributed by atoms with Crippen molar-refractivity contribution in [2.45, 2.75) is 19.3 Å². The van der Waals surface area contributed by atoms with Crippen LogP contribution < -0.4 is 0 Å². The van der Waals surface area contributed by atoms with Gasteiger partial charge in [-0.25, -0.2) is 0 Å². The molecule has 1 saturated heterocycles. The first-order chi connectivity index (χ1) is 5.71. The maximum atomic E-state index is 11.8. The molecule has 1 fully saturated rings. The largest absolute Gasteiger partial charge is 0.481 e. The van der Waals surface area contributed by atoms with E-state index in [4.69, 9.17) is 9.84 Å². The number of carboxylic acid groups (broad SMARTS) is 1. The summed E-state index contributed by atoms with van der Waals surface area (Å²) in [5.74, 6) is -0.853. The molecule has 1 heterocycles. The zero-order valence-corrected chi connectivity index (χ0v) is 6.88. The van der Waals surface area contributed by atoms with Gasteiger partial charge in [-0.15, -0.1) is 0 Å². The molecule has 0 aromatic rings. The fourth-order valence-electron chi connectivity index (χ4n) is 1.49. The second kappa shape index (κ2) is 3.85. The summed E-state index contributed by atoms with van der Waals surface area (Å²) in [7, 11) is 0. The number of alkyl halides is 1. The third kappa shape index (κ3) is 1.75. The summed E-state index contributed by atoms with van der Waals surface area (Å²) in [5.41, 5.74) is -0.800. The third-order valence-corrected chi connectivity index (χ3v) is 2.35. The minimum Gasteiger partial charge on any atom is -0.481 e. The summed E-state index contributed by atoms with van der Waals surface area (Å²) in [6, 6.07) is 0. The summed E-state index contributed by atoms with van der Waals surface area (Å²) >= 11 is 0. The lowest BCUT2D eigenvalue weighted by Crippen LogP contribution is -2.31. The van der Waals surface area contributed by atoms with Gasteiger partial charge < -0.3 is 9.84 Å². The lowest BCUT2D eigenvalue weighted by atomic mass is 9.83. The van der Waals surface area contributed by atoms with Crippen molar-refractivity contribution in [1.29, 1.82) is 0 Å². The Morgan fingerprint density at radius 2 is 2.42 bits per heavy atom. The molecule has 0 saturated carbocycles. The van der Waals surface area contributed by atoms with Crippen LogP contribution in [0.15, 0.2) is 0 Å². The van der Waals surface area contributed by atoms with Gasteiger partial charge in [0, 0.05) is 6.61 Å². The molecular formula is C8H13FO3. The molecule has 70 valence electrons. The predicted molar refractivity (Wildman–Crippen MR) is 40.7 cm³/mol. The van der Waals surface area contributed by atoms with Gasteiger partial charge in [0.05, 0.1) is 18.7 Å². The van der Waals surface area contributed by atoms with Crippen molar-refractivity contribution in [2.24, 2.45) is 5.41 Å². The zero-order valence-electron chi connectivity index (χ0n) is 6.88. The molecule has 1 N–H and O–H groups in total. The molecule has 1 atom stereocenters. The summed E-state index contributed by atoms with van der Waals surface area (Å²) in [6.45, 7) is 0.274. The van der Waals surface area contributed by atoms with Crippen LogP contribution >= 0.6 is 0 Å². The van der Waals surface area contributed by atoms with Gasteiger partial charge in [0.25, 0.3) is 0 Å². The van der Waals surface area contributed by atoms with Gasteiger partial charge in [-0.3, -0.25) is 9.18 Å². The first-order valence-electron chi connectivity index (χ1n) is 4.08. The maximum Gasteiger partial charge on any atom is 0.312 e. The molecule has 0 amide bonds. The summed E-state index contributed by atoms with van der Waals surface area (Å²) in [6.07, 6.45) is 1.22. The van der Waals surface area contributed by atoms with Gasteiger partial charge in [0.1, 0.15) is 0 Å². The zero-order chi connectivity index (χ0) is 9.03. The minimum atomic E-state index is -0.853. The Balaban J connectivity index is 2.53. The van der Waals surface area contributed by atoms with Gasteiger partial charge >= 0.3 is 5.97 Å². The fraction of sp³-hybridized carbons (Fsp3) is 0.875. The summed E-state index contributed by atoms with van der Waals surface area (Å²) in [5, 5.41) is 8.89. The van der Waals surface area contributed by atoms with Crippen LogP contribution in [-0.4, -0.2) is 31.0 Å². The lowest BCUT2D eigenvalue weighted by molar-refractivity contribution is -0.149. The molecule has 12 heavy (non-hydrogen) atoms. The molecule has 0 aromatic carbocycles. The van der Waals surface area contributed by atoms with Crippen molar-refractivity contribution in [1.82, 2.24) is 0 Å². The van der Waals surface area contributed by atoms with Crippen LogP contribution in [0.3, 0.4) is 0 Å². The van der Waals surface area contributed by atoms with E-state index in [0.29, 0.717) is 25.9 Å². The second-order valence-electron chi connectivity index (χ2n) is 3.18. The van der Waals surface area contributed by atoms with Crippen LogP contribution in [0.25, 0.3) is 0 Å². The van der Waals surface area contributed by atoms with E-state index in [9.17, 15) is 9.18 Å². The average molecular weight is 176 g/mol. The molecule has 4 heteroatoms. The van der Waals surface area contributed by atoms with E-state index >= 15 is 0 Å². The van der Waals surface area contributed by atoms with Gasteiger partial charge in [0.2, 0.25) is 0 Å². The molecule has 0 aliphatic carbocycles. The highest BCUT2D eigenvalue weighted by Gasteiger charge is 2.41. The van der Waals surface area contributed by atoms with E-state index in [1.54, 1.807) is 0 Å². The topological polar surface area (TPSA) is 46.5 Å². The van der Waals surface area contributed by atoms with Crippen LogP contribution in [0, 0.1) is 5.41 Å². The normalized spacial score (nSPS) is 29.1. The lowest BCUT2D eigenvalue weighted by Gasteiger charge is -2.20. The smallest absolute Gasteiger partial charge is 0.312 e. The second-order valence-corrected chi connectivity index (χ2v) is 3.18. The Morgan fingerprint density at radius 3 is 2.83 bits per heavy atom. The highest BCUT2D eigenvalue weighted by molar-refractivity contribution is 5.75. The number of aliphatic carboxylic acids is 1. The highest BCUT2D eigenvalue weighted by atomic mass is 19.1. The third-order valence-electron chi connectivity index (χ3n) is 2.35. The Kier molecular flexibility index (Phi) is 3.03. The molecule has 1 unspecified atom stereocenters. The standard InChI is InChI=1S/C8H13FO3/c9-4-1-2-8(7(10)11)3-5-12-6-8/h1-6H2,(H,10,11). The van der Waals surface area contributed by atoms with E-state index in [0.717, 1.165) is 0 Å². The van der Waals surface area contributed by atoms with Crippen LogP contribution in [0.1, 0.15) is 19.3 Å². The Bertz CT molecular complexity index is 164. The number of halogens is 1. The molecular weight excluding hydrogens is 163 g/mol. The van der Waals surface area contributed by atoms with E-state index in [1.165, 1.54) is 0 Å². The molecule has 0 spiro atoms. The van der Waals surface area contributed by atoms with Crippen molar-refractivity contribution in [2.75, 3.05) is 19.9 Å². The molecule has 0 bridgehead atoms. The molecule has 1 rings (SSSR count). The molecule has 1 aliphatic rings. The maximum absolute atomic E-state index is 11.8. The Morgan fingerprint density at radius 1 is 1.67 bits per heavy atom. The van der Waals surface area contributed by atoms with Gasteiger partial charge in [0.15, 0.2) is 0 Å². The predicted octanol–water partition coefficient (Wildman–Crippen LogP) is 1.23. The highest BCUT2D eigenvalue weighted by Crippen LogP contribution is 2.33. The number of hydrogen-bond donors (Lipinski definition) is 1. The Labute approximate surface area is 70.5 Å². The monoisotopic (exact) mass is 176 g/mol. The molecule has 0 aromatic heterocycles. The molecule has 1 aliphatic heterocycles. The first-order valence-corrected chi connectivity index (χ1v) is 4.08. The number of carboxylic acids is 1. The van der Waals surface area contributed by atoms with Crippen molar-refractivity contribution in [3.63, 3.8) is 0 Å². The van der Waals surface area contributed by atoms with E-state index in [-0.39, 0.29) is 6.61 Å². The van der Waals surface area contributed by atoms with Gasteiger partial charge in [-0.1, -0.05) is 0 Å². The van der Waals surface area contributed by atoms with Crippen molar-refractivity contribution >= 4 is 5.97 Å². The summed E-state index contributed by atoms with van der Waals surface area (Å²) in [4.78, 5) is 10.8. The van der Waals surface area contributed by atoms with Crippen molar-refractivity contribution in [3.05, 3.63) is 0 Å². The van der Waals surface area contributed by atoms with Crippen molar-refractivity contribution < 1.29 is 19.0 Å². The van der Waals surface area contributed by atoms with Gasteiger partial charge in [-0.05, 0) is 19.3 Å². The van der Waals surface area contributed by atoms with Crippen LogP contribution in [0.2, 0.25) is 0 Å². The SMILES string of the molecule is O=C(O)C1(CCCF)CCOC1. The first kappa shape index (κ1) is 9.45. The van der Waals surface area contributed by atoms with Crippen LogP contribution in [-0.2, 0) is 9.53 Å². The summed E-state index contributed by atoms with van der Waals surface area (Å²) < 4.78 is 16.9.